The first kappa shape index (κ1) is 14.5. The molecular weight excluding hydrogens is 288 g/mol. The molecule has 2 saturated carbocycles. The third-order valence-corrected chi connectivity index (χ3v) is 6.95. The maximum absolute atomic E-state index is 12.5. The van der Waals surface area contributed by atoms with E-state index in [2.05, 4.69) is 9.71 Å². The third-order valence-electron chi connectivity index (χ3n) is 5.53. The van der Waals surface area contributed by atoms with Crippen LogP contribution in [0.15, 0.2) is 24.5 Å². The van der Waals surface area contributed by atoms with Gasteiger partial charge >= 0.3 is 0 Å². The van der Waals surface area contributed by atoms with E-state index in [0.717, 1.165) is 6.42 Å². The Morgan fingerprint density at radius 1 is 1.33 bits per heavy atom. The second kappa shape index (κ2) is 4.53. The molecule has 0 saturated heterocycles. The summed E-state index contributed by atoms with van der Waals surface area (Å²) in [4.78, 5) is 16.3. The second-order valence-electron chi connectivity index (χ2n) is 6.76. The molecule has 6 heteroatoms. The molecule has 0 aromatic carbocycles. The average molecular weight is 308 g/mol. The van der Waals surface area contributed by atoms with Crippen LogP contribution in [0.1, 0.15) is 33.1 Å². The van der Waals surface area contributed by atoms with Gasteiger partial charge in [-0.2, -0.15) is 0 Å². The van der Waals surface area contributed by atoms with Crippen LogP contribution in [0.25, 0.3) is 0 Å². The number of aromatic nitrogens is 1. The van der Waals surface area contributed by atoms with Gasteiger partial charge in [0.2, 0.25) is 10.0 Å². The molecule has 1 N–H and O–H groups in total. The van der Waals surface area contributed by atoms with E-state index >= 15 is 0 Å². The van der Waals surface area contributed by atoms with Gasteiger partial charge < -0.3 is 0 Å². The molecule has 0 aliphatic heterocycles. The van der Waals surface area contributed by atoms with Crippen molar-refractivity contribution in [2.24, 2.45) is 16.7 Å². The van der Waals surface area contributed by atoms with Crippen LogP contribution in [0, 0.1) is 16.7 Å². The summed E-state index contributed by atoms with van der Waals surface area (Å²) in [6.45, 7) is 4.08. The zero-order chi connectivity index (χ0) is 15.3. The Morgan fingerprint density at radius 3 is 2.52 bits per heavy atom. The van der Waals surface area contributed by atoms with Gasteiger partial charge in [-0.1, -0.05) is 13.8 Å². The SMILES string of the molecule is CC1(C)C2CCC1(CS(=O)(=O)Nc1ccncc1)C(=O)C2. The van der Waals surface area contributed by atoms with Gasteiger partial charge in [-0.3, -0.25) is 14.5 Å². The second-order valence-corrected chi connectivity index (χ2v) is 8.49. The molecule has 0 radical (unpaired) electrons. The number of fused-ring (bicyclic) bond motifs is 2. The van der Waals surface area contributed by atoms with E-state index in [4.69, 9.17) is 0 Å². The van der Waals surface area contributed by atoms with Crippen LogP contribution in [0.2, 0.25) is 0 Å². The number of Topliss-reactive ketones (excluding diaryl/α,β-unsaturated/α-hetero) is 1. The predicted molar refractivity (Wildman–Crippen MR) is 80.2 cm³/mol. The van der Waals surface area contributed by atoms with Crippen molar-refractivity contribution in [2.45, 2.75) is 33.1 Å². The van der Waals surface area contributed by atoms with E-state index in [9.17, 15) is 13.2 Å². The molecule has 2 atom stereocenters. The minimum absolute atomic E-state index is 0.115. The highest BCUT2D eigenvalue weighted by atomic mass is 32.2. The monoisotopic (exact) mass is 308 g/mol. The highest BCUT2D eigenvalue weighted by Gasteiger charge is 2.65. The summed E-state index contributed by atoms with van der Waals surface area (Å²) in [5.74, 6) is 0.315. The lowest BCUT2D eigenvalue weighted by Crippen LogP contribution is -2.43. The molecule has 1 heterocycles. The van der Waals surface area contributed by atoms with Gasteiger partial charge in [-0.05, 0) is 36.3 Å². The molecule has 2 aliphatic carbocycles. The van der Waals surface area contributed by atoms with Crippen LogP contribution in [0.4, 0.5) is 5.69 Å². The van der Waals surface area contributed by atoms with Gasteiger partial charge in [0.1, 0.15) is 5.78 Å². The average Bonchev–Trinajstić information content (AvgIpc) is 2.72. The van der Waals surface area contributed by atoms with Crippen LogP contribution in [-0.2, 0) is 14.8 Å². The lowest BCUT2D eigenvalue weighted by Gasteiger charge is -2.36. The molecule has 1 aromatic rings. The van der Waals surface area contributed by atoms with Gasteiger partial charge in [0.15, 0.2) is 0 Å². The Morgan fingerprint density at radius 2 is 2.00 bits per heavy atom. The topological polar surface area (TPSA) is 76.1 Å². The molecular formula is C15H20N2O3S. The number of hydrogen-bond donors (Lipinski definition) is 1. The highest BCUT2D eigenvalue weighted by Crippen LogP contribution is 2.64. The summed E-state index contributed by atoms with van der Waals surface area (Å²) in [7, 11) is -3.56. The van der Waals surface area contributed by atoms with Crippen molar-refractivity contribution in [1.29, 1.82) is 0 Å². The molecule has 3 rings (SSSR count). The maximum atomic E-state index is 12.5. The fourth-order valence-corrected chi connectivity index (χ4v) is 5.96. The van der Waals surface area contributed by atoms with E-state index in [1.807, 2.05) is 13.8 Å². The summed E-state index contributed by atoms with van der Waals surface area (Å²) in [5.41, 5.74) is -0.479. The van der Waals surface area contributed by atoms with Gasteiger partial charge in [0, 0.05) is 18.8 Å². The van der Waals surface area contributed by atoms with Gasteiger partial charge in [0.05, 0.1) is 16.9 Å². The van der Waals surface area contributed by atoms with E-state index in [0.29, 0.717) is 24.4 Å². The largest absolute Gasteiger partial charge is 0.299 e. The lowest BCUT2D eigenvalue weighted by molar-refractivity contribution is -0.128. The Kier molecular flexibility index (Phi) is 3.13. The van der Waals surface area contributed by atoms with Gasteiger partial charge in [-0.25, -0.2) is 8.42 Å². The first-order valence-electron chi connectivity index (χ1n) is 7.21. The summed E-state index contributed by atoms with van der Waals surface area (Å²) in [5, 5.41) is 0. The molecule has 2 fully saturated rings. The van der Waals surface area contributed by atoms with Crippen molar-refractivity contribution < 1.29 is 13.2 Å². The Balaban J connectivity index is 1.87. The number of carbonyl (C=O) groups is 1. The smallest absolute Gasteiger partial charge is 0.233 e. The molecule has 0 spiro atoms. The fourth-order valence-electron chi connectivity index (χ4n) is 4.07. The summed E-state index contributed by atoms with van der Waals surface area (Å²) < 4.78 is 27.5. The van der Waals surface area contributed by atoms with Crippen LogP contribution >= 0.6 is 0 Å². The number of rotatable bonds is 4. The van der Waals surface area contributed by atoms with Gasteiger partial charge in [-0.15, -0.1) is 0 Å². The summed E-state index contributed by atoms with van der Waals surface area (Å²) >= 11 is 0. The van der Waals surface area contributed by atoms with Crippen molar-refractivity contribution in [3.05, 3.63) is 24.5 Å². The lowest BCUT2D eigenvalue weighted by atomic mass is 9.70. The number of ketones is 1. The first-order chi connectivity index (χ1) is 9.77. The van der Waals surface area contributed by atoms with Crippen LogP contribution < -0.4 is 4.72 Å². The quantitative estimate of drug-likeness (QED) is 0.925. The van der Waals surface area contributed by atoms with Crippen molar-refractivity contribution in [2.75, 3.05) is 10.5 Å². The number of anilines is 1. The predicted octanol–water partition coefficient (Wildman–Crippen LogP) is 2.22. The Hall–Kier alpha value is -1.43. The zero-order valence-corrected chi connectivity index (χ0v) is 13.1. The van der Waals surface area contributed by atoms with Crippen molar-refractivity contribution in [3.63, 3.8) is 0 Å². The molecule has 2 aliphatic rings. The number of carbonyl (C=O) groups excluding carboxylic acids is 1. The van der Waals surface area contributed by atoms with Crippen molar-refractivity contribution in [1.82, 2.24) is 4.98 Å². The molecule has 5 nitrogen and oxygen atoms in total. The molecule has 1 aromatic heterocycles. The van der Waals surface area contributed by atoms with E-state index in [1.54, 1.807) is 12.1 Å². The number of nitrogens with one attached hydrogen (secondary N) is 1. The Labute approximate surface area is 125 Å². The fraction of sp³-hybridized carbons (Fsp3) is 0.600. The molecule has 114 valence electrons. The standard InChI is InChI=1S/C15H20N2O3S/c1-14(2)11-3-6-15(14,13(18)9-11)10-21(19,20)17-12-4-7-16-8-5-12/h4-5,7-8,11H,3,6,9-10H2,1-2H3,(H,16,17). The molecule has 0 amide bonds. The molecule has 21 heavy (non-hydrogen) atoms. The van der Waals surface area contributed by atoms with Crippen molar-refractivity contribution >= 4 is 21.5 Å². The number of hydrogen-bond acceptors (Lipinski definition) is 4. The molecule has 2 bridgehead atoms. The maximum Gasteiger partial charge on any atom is 0.233 e. The van der Waals surface area contributed by atoms with Gasteiger partial charge in [0.25, 0.3) is 0 Å². The summed E-state index contributed by atoms with van der Waals surface area (Å²) in [6.07, 6.45) is 5.22. The highest BCUT2D eigenvalue weighted by molar-refractivity contribution is 7.92. The molecule has 2 unspecified atom stereocenters. The number of pyridine rings is 1. The summed E-state index contributed by atoms with van der Waals surface area (Å²) in [6, 6.07) is 3.21. The third kappa shape index (κ3) is 2.16. The Bertz CT molecular complexity index is 669. The van der Waals surface area contributed by atoms with Crippen LogP contribution in [0.5, 0.6) is 0 Å². The van der Waals surface area contributed by atoms with E-state index in [1.165, 1.54) is 12.4 Å². The van der Waals surface area contributed by atoms with Crippen LogP contribution in [-0.4, -0.2) is 24.9 Å². The van der Waals surface area contributed by atoms with E-state index in [-0.39, 0.29) is 17.0 Å². The number of nitrogens with zero attached hydrogens (tertiary/aromatic N) is 1. The minimum Gasteiger partial charge on any atom is -0.299 e. The zero-order valence-electron chi connectivity index (χ0n) is 12.3. The van der Waals surface area contributed by atoms with Crippen molar-refractivity contribution in [3.8, 4) is 0 Å². The minimum atomic E-state index is -3.56. The van der Waals surface area contributed by atoms with E-state index < -0.39 is 15.4 Å². The number of sulfonamides is 1. The van der Waals surface area contributed by atoms with Crippen LogP contribution in [0.3, 0.4) is 0 Å². The normalized spacial score (nSPS) is 30.6. The first-order valence-corrected chi connectivity index (χ1v) is 8.86.